The first kappa shape index (κ1) is 20.4. The summed E-state index contributed by atoms with van der Waals surface area (Å²) in [6.45, 7) is 5.79. The number of thiophene rings is 1. The maximum Gasteiger partial charge on any atom is 0.279 e. The van der Waals surface area contributed by atoms with Crippen LogP contribution in [0.25, 0.3) is 10.2 Å². The second-order valence-electron chi connectivity index (χ2n) is 7.69. The molecule has 1 aromatic carbocycles. The molecule has 1 atom stereocenters. The number of benzene rings is 1. The van der Waals surface area contributed by atoms with E-state index in [2.05, 4.69) is 22.6 Å². The van der Waals surface area contributed by atoms with Crippen molar-refractivity contribution in [3.05, 3.63) is 50.6 Å². The third-order valence-corrected chi connectivity index (χ3v) is 6.57. The number of carbonyl (C=O) groups is 2. The number of nitrogens with one attached hydrogen (secondary N) is 1. The highest BCUT2D eigenvalue weighted by Gasteiger charge is 2.33. The topological polar surface area (TPSA) is 103 Å². The number of ether oxygens (including phenoxy) is 1. The van der Waals surface area contributed by atoms with Crippen LogP contribution in [-0.4, -0.2) is 32.3 Å². The monoisotopic (exact) mass is 426 g/mol. The smallest absolute Gasteiger partial charge is 0.279 e. The zero-order valence-electron chi connectivity index (χ0n) is 17.0. The number of rotatable bonds is 5. The molecule has 0 radical (unpaired) electrons. The van der Waals surface area contributed by atoms with Crippen LogP contribution in [0, 0.1) is 0 Å². The number of hydrogen-bond acceptors (Lipinski definition) is 7. The van der Waals surface area contributed by atoms with Crippen LogP contribution in [-0.2, 0) is 29.1 Å². The molecule has 4 rings (SSSR count). The van der Waals surface area contributed by atoms with E-state index in [1.165, 1.54) is 18.3 Å². The molecular weight excluding hydrogens is 404 g/mol. The number of fused-ring (bicyclic) bond motifs is 3. The fourth-order valence-corrected chi connectivity index (χ4v) is 4.52. The Kier molecular flexibility index (Phi) is 5.25. The molecule has 3 heterocycles. The number of hydrogen-bond donors (Lipinski definition) is 1. The first-order valence-corrected chi connectivity index (χ1v) is 10.5. The number of carbonyl (C=O) groups excluding carboxylic acids is 2. The predicted octanol–water partition coefficient (Wildman–Crippen LogP) is 2.94. The molecule has 1 aliphatic rings. The highest BCUT2D eigenvalue weighted by Crippen LogP contribution is 2.37. The van der Waals surface area contributed by atoms with Crippen LogP contribution in [0.3, 0.4) is 0 Å². The highest BCUT2D eigenvalue weighted by molar-refractivity contribution is 7.18. The Hall–Kier alpha value is -2.91. The summed E-state index contributed by atoms with van der Waals surface area (Å²) in [5.74, 6) is -0.446. The Bertz CT molecular complexity index is 1200. The average Bonchev–Trinajstić information content (AvgIpc) is 3.08. The number of nitrogens with zero attached hydrogens (tertiary/aromatic N) is 3. The van der Waals surface area contributed by atoms with Gasteiger partial charge in [-0.25, -0.2) is 4.68 Å². The molecule has 30 heavy (non-hydrogen) atoms. The summed E-state index contributed by atoms with van der Waals surface area (Å²) in [5.41, 5.74) is 1.42. The van der Waals surface area contributed by atoms with E-state index in [-0.39, 0.29) is 23.5 Å². The summed E-state index contributed by atoms with van der Waals surface area (Å²) in [5, 5.41) is 11.4. The molecule has 2 aromatic heterocycles. The summed E-state index contributed by atoms with van der Waals surface area (Å²) < 4.78 is 7.05. The predicted molar refractivity (Wildman–Crippen MR) is 114 cm³/mol. The second kappa shape index (κ2) is 7.73. The Morgan fingerprint density at radius 3 is 2.70 bits per heavy atom. The maximum atomic E-state index is 13.1. The summed E-state index contributed by atoms with van der Waals surface area (Å²) in [7, 11) is 0. The molecule has 1 N–H and O–H groups in total. The van der Waals surface area contributed by atoms with Gasteiger partial charge in [0.15, 0.2) is 10.6 Å². The fourth-order valence-electron chi connectivity index (χ4n) is 3.48. The molecule has 0 saturated heterocycles. The summed E-state index contributed by atoms with van der Waals surface area (Å²) >= 11 is 1.42. The van der Waals surface area contributed by atoms with E-state index >= 15 is 0 Å². The molecule has 0 bridgehead atoms. The Labute approximate surface area is 176 Å². The molecule has 9 heteroatoms. The quantitative estimate of drug-likeness (QED) is 0.629. The van der Waals surface area contributed by atoms with Crippen molar-refractivity contribution in [2.24, 2.45) is 0 Å². The van der Waals surface area contributed by atoms with E-state index in [0.717, 1.165) is 21.5 Å². The van der Waals surface area contributed by atoms with Gasteiger partial charge in [-0.3, -0.25) is 14.4 Å². The summed E-state index contributed by atoms with van der Waals surface area (Å²) in [4.78, 5) is 38.4. The van der Waals surface area contributed by atoms with E-state index in [4.69, 9.17) is 4.74 Å². The van der Waals surface area contributed by atoms with E-state index in [1.54, 1.807) is 24.3 Å². The van der Waals surface area contributed by atoms with Crippen LogP contribution in [0.1, 0.15) is 48.0 Å². The van der Waals surface area contributed by atoms with Gasteiger partial charge in [-0.1, -0.05) is 12.1 Å². The van der Waals surface area contributed by atoms with Gasteiger partial charge in [0, 0.05) is 22.5 Å². The van der Waals surface area contributed by atoms with Crippen molar-refractivity contribution >= 4 is 38.9 Å². The minimum Gasteiger partial charge on any atom is -0.369 e. The second-order valence-corrected chi connectivity index (χ2v) is 8.77. The van der Waals surface area contributed by atoms with Gasteiger partial charge in [0.2, 0.25) is 5.91 Å². The van der Waals surface area contributed by atoms with E-state index in [0.29, 0.717) is 34.5 Å². The van der Waals surface area contributed by atoms with Crippen LogP contribution in [0.2, 0.25) is 0 Å². The van der Waals surface area contributed by atoms with Crippen LogP contribution in [0.5, 0.6) is 0 Å². The molecule has 0 unspecified atom stereocenters. The van der Waals surface area contributed by atoms with E-state index in [1.807, 2.05) is 6.92 Å². The number of anilines is 1. The third kappa shape index (κ3) is 3.78. The number of ketones is 1. The zero-order chi connectivity index (χ0) is 21.5. The Morgan fingerprint density at radius 2 is 2.03 bits per heavy atom. The normalized spacial score (nSPS) is 18.2. The summed E-state index contributed by atoms with van der Waals surface area (Å²) in [6, 6.07) is 6.57. The van der Waals surface area contributed by atoms with Crippen molar-refractivity contribution in [1.82, 2.24) is 15.0 Å². The minimum absolute atomic E-state index is 0.0494. The van der Waals surface area contributed by atoms with Crippen molar-refractivity contribution in [1.29, 1.82) is 0 Å². The van der Waals surface area contributed by atoms with E-state index in [9.17, 15) is 14.4 Å². The van der Waals surface area contributed by atoms with Gasteiger partial charge >= 0.3 is 0 Å². The number of amides is 1. The lowest BCUT2D eigenvalue weighted by molar-refractivity contribution is -0.117. The summed E-state index contributed by atoms with van der Waals surface area (Å²) in [6.07, 6.45) is 1.47. The molecule has 8 nitrogen and oxygen atoms in total. The van der Waals surface area contributed by atoms with Gasteiger partial charge < -0.3 is 10.1 Å². The lowest BCUT2D eigenvalue weighted by Gasteiger charge is -2.32. The van der Waals surface area contributed by atoms with Gasteiger partial charge in [0.25, 0.3) is 5.56 Å². The number of aromatic nitrogens is 3. The molecular formula is C21H22N4O4S. The molecule has 0 aliphatic carbocycles. The molecule has 0 spiro atoms. The lowest BCUT2D eigenvalue weighted by Crippen LogP contribution is -2.35. The third-order valence-electron chi connectivity index (χ3n) is 5.48. The average molecular weight is 426 g/mol. The SMILES string of the molecule is CC[C@]1(C)Cc2c(sc3nnn(CC(=O)Nc4ccc(C(C)=O)cc4)c(=O)c23)CO1. The highest BCUT2D eigenvalue weighted by atomic mass is 32.1. The molecule has 0 saturated carbocycles. The van der Waals surface area contributed by atoms with Crippen molar-refractivity contribution < 1.29 is 14.3 Å². The first-order chi connectivity index (χ1) is 14.3. The number of Topliss-reactive ketones (excluding diaryl/α,β-unsaturated/α-hetero) is 1. The van der Waals surface area contributed by atoms with Crippen LogP contribution in [0.4, 0.5) is 5.69 Å². The van der Waals surface area contributed by atoms with Crippen LogP contribution < -0.4 is 10.9 Å². The maximum absolute atomic E-state index is 13.1. The van der Waals surface area contributed by atoms with Crippen molar-refractivity contribution in [3.8, 4) is 0 Å². The van der Waals surface area contributed by atoms with Gasteiger partial charge in [-0.15, -0.1) is 16.4 Å². The lowest BCUT2D eigenvalue weighted by atomic mass is 9.90. The largest absolute Gasteiger partial charge is 0.369 e. The van der Waals surface area contributed by atoms with Crippen LogP contribution in [0.15, 0.2) is 29.1 Å². The Morgan fingerprint density at radius 1 is 1.30 bits per heavy atom. The van der Waals surface area contributed by atoms with Crippen LogP contribution >= 0.6 is 11.3 Å². The van der Waals surface area contributed by atoms with Crippen molar-refractivity contribution in [2.45, 2.75) is 52.4 Å². The van der Waals surface area contributed by atoms with Gasteiger partial charge in [0.1, 0.15) is 6.54 Å². The Balaban J connectivity index is 1.58. The minimum atomic E-state index is -0.396. The zero-order valence-corrected chi connectivity index (χ0v) is 17.8. The fraction of sp³-hybridized carbons (Fsp3) is 0.381. The van der Waals surface area contributed by atoms with Gasteiger partial charge in [0.05, 0.1) is 17.6 Å². The molecule has 1 aliphatic heterocycles. The van der Waals surface area contributed by atoms with Crippen molar-refractivity contribution in [3.63, 3.8) is 0 Å². The molecule has 0 fully saturated rings. The van der Waals surface area contributed by atoms with Gasteiger partial charge in [-0.05, 0) is 50.1 Å². The van der Waals surface area contributed by atoms with Crippen molar-refractivity contribution in [2.75, 3.05) is 5.32 Å². The van der Waals surface area contributed by atoms with Gasteiger partial charge in [-0.2, -0.15) is 0 Å². The molecule has 1 amide bonds. The first-order valence-electron chi connectivity index (χ1n) is 9.72. The van der Waals surface area contributed by atoms with E-state index < -0.39 is 5.91 Å². The standard InChI is InChI=1S/C21H22N4O4S/c1-4-21(3)9-15-16(11-29-21)30-19-18(15)20(28)25(24-23-19)10-17(27)22-14-7-5-13(6-8-14)12(2)26/h5-8H,4,9-11H2,1-3H3,(H,22,27)/t21-/m1/s1. The molecule has 3 aromatic rings. The molecule has 156 valence electrons.